The van der Waals surface area contributed by atoms with Crippen LogP contribution in [0.4, 0.5) is 4.79 Å². The van der Waals surface area contributed by atoms with Crippen LogP contribution in [-0.4, -0.2) is 40.1 Å². The Morgan fingerprint density at radius 1 is 1.16 bits per heavy atom. The highest BCUT2D eigenvalue weighted by Crippen LogP contribution is 2.26. The minimum atomic E-state index is -0.734. The lowest BCUT2D eigenvalue weighted by molar-refractivity contribution is -0.137. The van der Waals surface area contributed by atoms with Gasteiger partial charge < -0.3 is 24.1 Å². The second kappa shape index (κ2) is 9.22. The van der Waals surface area contributed by atoms with Gasteiger partial charge in [0.25, 0.3) is 0 Å². The fourth-order valence-electron chi connectivity index (χ4n) is 3.42. The Morgan fingerprint density at radius 3 is 2.47 bits per heavy atom. The summed E-state index contributed by atoms with van der Waals surface area (Å²) in [5, 5.41) is 2.76. The molecule has 1 aromatic heterocycles. The van der Waals surface area contributed by atoms with Gasteiger partial charge in [-0.3, -0.25) is 4.79 Å². The summed E-state index contributed by atoms with van der Waals surface area (Å²) in [6, 6.07) is 8.72. The minimum Gasteiger partial charge on any atom is -0.484 e. The molecule has 0 spiro atoms. The van der Waals surface area contributed by atoms with E-state index < -0.39 is 23.2 Å². The van der Waals surface area contributed by atoms with E-state index in [9.17, 15) is 9.59 Å². The summed E-state index contributed by atoms with van der Waals surface area (Å²) in [5.41, 5.74) is -0.300. The van der Waals surface area contributed by atoms with Gasteiger partial charge in [-0.05, 0) is 38.3 Å². The summed E-state index contributed by atoms with van der Waals surface area (Å²) >= 11 is 0. The third-order valence-corrected chi connectivity index (χ3v) is 4.97. The number of aromatic nitrogens is 1. The highest BCUT2D eigenvalue weighted by molar-refractivity contribution is 5.86. The molecule has 3 rings (SSSR count). The van der Waals surface area contributed by atoms with Crippen molar-refractivity contribution in [3.05, 3.63) is 47.7 Å². The first-order chi connectivity index (χ1) is 14.9. The number of hydrogen-bond donors (Lipinski definition) is 1. The predicted molar refractivity (Wildman–Crippen MR) is 119 cm³/mol. The number of benzene rings is 1. The van der Waals surface area contributed by atoms with Crippen molar-refractivity contribution in [3.8, 4) is 5.75 Å². The van der Waals surface area contributed by atoms with Crippen LogP contribution in [-0.2, 0) is 29.1 Å². The van der Waals surface area contributed by atoms with Gasteiger partial charge in [0.05, 0.1) is 12.2 Å². The Kier molecular flexibility index (Phi) is 6.81. The summed E-state index contributed by atoms with van der Waals surface area (Å²) in [7, 11) is 0. The Morgan fingerprint density at radius 2 is 1.84 bits per heavy atom. The molecule has 1 aromatic carbocycles. The molecule has 0 saturated carbocycles. The summed E-state index contributed by atoms with van der Waals surface area (Å²) in [6.07, 6.45) is -0.0253. The maximum absolute atomic E-state index is 13.3. The van der Waals surface area contributed by atoms with Crippen molar-refractivity contribution in [2.75, 3.05) is 6.54 Å². The number of para-hydroxylation sites is 1. The summed E-state index contributed by atoms with van der Waals surface area (Å²) in [5.74, 6) is 1.70. The molecule has 0 unspecified atom stereocenters. The topological polar surface area (TPSA) is 93.9 Å². The zero-order valence-corrected chi connectivity index (χ0v) is 19.7. The first kappa shape index (κ1) is 23.6. The average molecular weight is 444 g/mol. The van der Waals surface area contributed by atoms with Crippen LogP contribution in [0.5, 0.6) is 5.75 Å². The molecular formula is C24H33N3O5. The van der Waals surface area contributed by atoms with Gasteiger partial charge in [-0.1, -0.05) is 39.0 Å². The number of nitrogens with zero attached hydrogens (tertiary/aromatic N) is 2. The molecule has 2 aromatic rings. The summed E-state index contributed by atoms with van der Waals surface area (Å²) in [4.78, 5) is 31.9. The van der Waals surface area contributed by atoms with E-state index in [2.05, 4.69) is 10.3 Å². The zero-order chi connectivity index (χ0) is 23.5. The number of amides is 2. The largest absolute Gasteiger partial charge is 0.484 e. The number of fused-ring (bicyclic) bond motifs is 1. The molecule has 174 valence electrons. The van der Waals surface area contributed by atoms with Crippen LogP contribution >= 0.6 is 0 Å². The van der Waals surface area contributed by atoms with E-state index in [-0.39, 0.29) is 12.5 Å². The number of alkyl carbamates (subject to hydrolysis) is 1. The van der Waals surface area contributed by atoms with Crippen molar-refractivity contribution in [1.82, 2.24) is 15.2 Å². The number of rotatable bonds is 5. The summed E-state index contributed by atoms with van der Waals surface area (Å²) in [6.45, 7) is 12.1. The first-order valence-electron chi connectivity index (χ1n) is 10.9. The van der Waals surface area contributed by atoms with Crippen molar-refractivity contribution >= 4 is 12.0 Å². The lowest BCUT2D eigenvalue weighted by Crippen LogP contribution is -2.56. The molecule has 8 heteroatoms. The van der Waals surface area contributed by atoms with Crippen molar-refractivity contribution in [2.24, 2.45) is 5.41 Å². The van der Waals surface area contributed by atoms with Crippen LogP contribution in [0.15, 0.2) is 34.7 Å². The maximum atomic E-state index is 13.3. The molecule has 0 aliphatic carbocycles. The lowest BCUT2D eigenvalue weighted by atomic mass is 9.85. The van der Waals surface area contributed by atoms with Gasteiger partial charge in [-0.15, -0.1) is 0 Å². The predicted octanol–water partition coefficient (Wildman–Crippen LogP) is 4.08. The van der Waals surface area contributed by atoms with Gasteiger partial charge in [0.2, 0.25) is 11.8 Å². The fourth-order valence-corrected chi connectivity index (χ4v) is 3.42. The van der Waals surface area contributed by atoms with Gasteiger partial charge >= 0.3 is 6.09 Å². The molecule has 1 aliphatic rings. The second-order valence-corrected chi connectivity index (χ2v) is 10.0. The minimum absolute atomic E-state index is 0.174. The Balaban J connectivity index is 1.66. The highest BCUT2D eigenvalue weighted by atomic mass is 16.6. The molecule has 0 saturated heterocycles. The lowest BCUT2D eigenvalue weighted by Gasteiger charge is -2.36. The molecule has 1 aliphatic heterocycles. The quantitative estimate of drug-likeness (QED) is 0.748. The number of nitrogens with one attached hydrogen (secondary N) is 1. The number of carbonyl (C=O) groups excluding carboxylic acids is 2. The van der Waals surface area contributed by atoms with E-state index in [0.29, 0.717) is 31.2 Å². The van der Waals surface area contributed by atoms with Gasteiger partial charge in [0, 0.05) is 13.0 Å². The van der Waals surface area contributed by atoms with Crippen molar-refractivity contribution in [3.63, 3.8) is 0 Å². The van der Waals surface area contributed by atoms with Crippen LogP contribution in [0.1, 0.15) is 58.9 Å². The molecule has 0 fully saturated rings. The van der Waals surface area contributed by atoms with Crippen LogP contribution in [0, 0.1) is 5.41 Å². The van der Waals surface area contributed by atoms with Crippen LogP contribution in [0.25, 0.3) is 0 Å². The number of ether oxygens (including phenoxy) is 2. The molecule has 2 heterocycles. The first-order valence-corrected chi connectivity index (χ1v) is 10.9. The molecule has 0 radical (unpaired) electrons. The zero-order valence-electron chi connectivity index (χ0n) is 19.7. The van der Waals surface area contributed by atoms with E-state index in [4.69, 9.17) is 13.9 Å². The molecule has 1 N–H and O–H groups in total. The maximum Gasteiger partial charge on any atom is 0.408 e. The van der Waals surface area contributed by atoms with E-state index >= 15 is 0 Å². The van der Waals surface area contributed by atoms with Gasteiger partial charge in [0.15, 0.2) is 6.61 Å². The Bertz CT molecular complexity index is 941. The van der Waals surface area contributed by atoms with Crippen molar-refractivity contribution < 1.29 is 23.5 Å². The fraction of sp³-hybridized carbons (Fsp3) is 0.542. The number of carbonyl (C=O) groups is 2. The molecule has 32 heavy (non-hydrogen) atoms. The summed E-state index contributed by atoms with van der Waals surface area (Å²) < 4.78 is 17.0. The van der Waals surface area contributed by atoms with E-state index in [1.54, 1.807) is 25.7 Å². The smallest absolute Gasteiger partial charge is 0.408 e. The molecular weight excluding hydrogens is 410 g/mol. The van der Waals surface area contributed by atoms with Crippen LogP contribution < -0.4 is 10.1 Å². The van der Waals surface area contributed by atoms with Gasteiger partial charge in [-0.2, -0.15) is 0 Å². The third kappa shape index (κ3) is 6.24. The molecule has 8 nitrogen and oxygen atoms in total. The van der Waals surface area contributed by atoms with Crippen molar-refractivity contribution in [2.45, 2.75) is 72.8 Å². The third-order valence-electron chi connectivity index (χ3n) is 4.97. The molecule has 1 atom stereocenters. The van der Waals surface area contributed by atoms with E-state index in [1.165, 1.54) is 0 Å². The van der Waals surface area contributed by atoms with Gasteiger partial charge in [0.1, 0.15) is 23.2 Å². The number of oxazole rings is 1. The SMILES string of the molecule is CC(C)(C)OC(=O)N[C@H](C(=O)N1CCc2nc(COc3ccccc3)oc2C1)C(C)(C)C. The Labute approximate surface area is 189 Å². The molecule has 0 bridgehead atoms. The van der Waals surface area contributed by atoms with Gasteiger partial charge in [-0.25, -0.2) is 9.78 Å². The highest BCUT2D eigenvalue weighted by Gasteiger charge is 2.38. The second-order valence-electron chi connectivity index (χ2n) is 10.0. The normalized spacial score (nSPS) is 15.0. The van der Waals surface area contributed by atoms with E-state index in [1.807, 2.05) is 51.1 Å². The standard InChI is InChI=1S/C24H33N3O5/c1-23(2,3)20(26-22(29)32-24(4,5)6)21(28)27-13-12-17-18(14-27)31-19(25-17)15-30-16-10-8-7-9-11-16/h7-11,20H,12-15H2,1-6H3,(H,26,29)/t20-/m1/s1. The average Bonchev–Trinajstić information content (AvgIpc) is 3.11. The Hall–Kier alpha value is -3.03. The number of hydrogen-bond acceptors (Lipinski definition) is 6. The van der Waals surface area contributed by atoms with Crippen LogP contribution in [0.3, 0.4) is 0 Å². The molecule has 2 amide bonds. The van der Waals surface area contributed by atoms with Crippen molar-refractivity contribution in [1.29, 1.82) is 0 Å². The van der Waals surface area contributed by atoms with E-state index in [0.717, 1.165) is 11.4 Å². The van der Waals surface area contributed by atoms with Crippen LogP contribution in [0.2, 0.25) is 0 Å². The monoisotopic (exact) mass is 443 g/mol.